The molecule has 1 heterocycles. The lowest BCUT2D eigenvalue weighted by Crippen LogP contribution is -3.13. The van der Waals surface area contributed by atoms with Crippen molar-refractivity contribution in [3.05, 3.63) is 58.6 Å². The third-order valence-electron chi connectivity index (χ3n) is 4.91. The molecule has 2 aromatic rings. The molecule has 6 heteroatoms. The van der Waals surface area contributed by atoms with Crippen LogP contribution in [0.4, 0.5) is 0 Å². The maximum absolute atomic E-state index is 5.97. The molecule has 3 rings (SSSR count). The fourth-order valence-corrected chi connectivity index (χ4v) is 3.44. The molecule has 0 radical (unpaired) electrons. The van der Waals surface area contributed by atoms with Crippen LogP contribution in [0.3, 0.4) is 0 Å². The van der Waals surface area contributed by atoms with Gasteiger partial charge in [-0.05, 0) is 37.3 Å². The van der Waals surface area contributed by atoms with Gasteiger partial charge in [-0.1, -0.05) is 23.7 Å². The Morgan fingerprint density at radius 1 is 1.04 bits per heavy atom. The van der Waals surface area contributed by atoms with Gasteiger partial charge in [-0.25, -0.2) is 0 Å². The number of hydrazone groups is 1. The molecule has 27 heavy (non-hydrogen) atoms. The molecule has 0 spiro atoms. The van der Waals surface area contributed by atoms with Crippen molar-refractivity contribution in [1.29, 1.82) is 0 Å². The molecule has 0 aromatic heterocycles. The summed E-state index contributed by atoms with van der Waals surface area (Å²) in [4.78, 5) is 1.58. The molecular formula is C21H27ClN3O2+. The quantitative estimate of drug-likeness (QED) is 0.773. The van der Waals surface area contributed by atoms with Gasteiger partial charge < -0.3 is 14.4 Å². The Labute approximate surface area is 166 Å². The third kappa shape index (κ3) is 5.15. The molecule has 144 valence electrons. The number of ether oxygens (including phenoxy) is 2. The third-order valence-corrected chi connectivity index (χ3v) is 5.16. The molecule has 1 saturated heterocycles. The minimum absolute atomic E-state index is 0.724. The smallest absolute Gasteiger partial charge is 0.161 e. The predicted molar refractivity (Wildman–Crippen MR) is 109 cm³/mol. The summed E-state index contributed by atoms with van der Waals surface area (Å²) in [6.45, 7) is 7.12. The van der Waals surface area contributed by atoms with E-state index >= 15 is 0 Å². The Morgan fingerprint density at radius 3 is 2.33 bits per heavy atom. The second kappa shape index (κ2) is 9.11. The van der Waals surface area contributed by atoms with E-state index < -0.39 is 0 Å². The van der Waals surface area contributed by atoms with Crippen molar-refractivity contribution >= 4 is 17.3 Å². The van der Waals surface area contributed by atoms with Gasteiger partial charge in [0.25, 0.3) is 0 Å². The average molecular weight is 389 g/mol. The SMILES string of the molecule is COc1ccc(/C(C)=N\N2CC[NH+](Cc3ccc(Cl)cc3)CC2)cc1OC. The van der Waals surface area contributed by atoms with E-state index in [0.29, 0.717) is 0 Å². The molecule has 5 nitrogen and oxygen atoms in total. The van der Waals surface area contributed by atoms with Crippen molar-refractivity contribution in [1.82, 2.24) is 5.01 Å². The Hall–Kier alpha value is -2.24. The number of nitrogens with zero attached hydrogens (tertiary/aromatic N) is 2. The summed E-state index contributed by atoms with van der Waals surface area (Å²) in [5.41, 5.74) is 3.36. The Kier molecular flexibility index (Phi) is 6.58. The number of halogens is 1. The zero-order valence-corrected chi connectivity index (χ0v) is 16.9. The van der Waals surface area contributed by atoms with Crippen LogP contribution >= 0.6 is 11.6 Å². The highest BCUT2D eigenvalue weighted by Gasteiger charge is 2.19. The summed E-state index contributed by atoms with van der Waals surface area (Å²) < 4.78 is 10.7. The van der Waals surface area contributed by atoms with E-state index in [0.717, 1.165) is 60.5 Å². The number of benzene rings is 2. The van der Waals surface area contributed by atoms with Gasteiger partial charge in [0.1, 0.15) is 6.54 Å². The standard InChI is InChI=1S/C21H26ClN3O2/c1-16(18-6-9-20(26-2)21(14-18)27-3)23-25-12-10-24(11-13-25)15-17-4-7-19(22)8-5-17/h4-9,14H,10-13,15H2,1-3H3/p+1/b23-16-. The highest BCUT2D eigenvalue weighted by Crippen LogP contribution is 2.27. The summed E-state index contributed by atoms with van der Waals surface area (Å²) in [5.74, 6) is 1.45. The molecule has 0 aliphatic carbocycles. The highest BCUT2D eigenvalue weighted by molar-refractivity contribution is 6.30. The van der Waals surface area contributed by atoms with E-state index in [1.54, 1.807) is 19.1 Å². The monoisotopic (exact) mass is 388 g/mol. The molecule has 0 atom stereocenters. The normalized spacial score (nSPS) is 15.7. The largest absolute Gasteiger partial charge is 0.493 e. The zero-order valence-electron chi connectivity index (χ0n) is 16.2. The molecule has 1 N–H and O–H groups in total. The number of piperazine rings is 1. The van der Waals surface area contributed by atoms with Crippen molar-refractivity contribution in [2.75, 3.05) is 40.4 Å². The molecule has 1 aliphatic heterocycles. The maximum atomic E-state index is 5.97. The molecule has 1 aliphatic rings. The van der Waals surface area contributed by atoms with E-state index in [-0.39, 0.29) is 0 Å². The maximum Gasteiger partial charge on any atom is 0.161 e. The lowest BCUT2D eigenvalue weighted by molar-refractivity contribution is -0.918. The van der Waals surface area contributed by atoms with Gasteiger partial charge in [0.05, 0.1) is 46.1 Å². The lowest BCUT2D eigenvalue weighted by Gasteiger charge is -2.31. The van der Waals surface area contributed by atoms with E-state index in [9.17, 15) is 0 Å². The molecular weight excluding hydrogens is 362 g/mol. The fraction of sp³-hybridized carbons (Fsp3) is 0.381. The summed E-state index contributed by atoms with van der Waals surface area (Å²) in [6, 6.07) is 14.1. The van der Waals surface area contributed by atoms with Crippen LogP contribution < -0.4 is 14.4 Å². The first-order valence-electron chi connectivity index (χ1n) is 9.19. The van der Waals surface area contributed by atoms with E-state index in [1.165, 1.54) is 5.56 Å². The first-order valence-corrected chi connectivity index (χ1v) is 9.57. The summed E-state index contributed by atoms with van der Waals surface area (Å²) >= 11 is 5.97. The minimum Gasteiger partial charge on any atom is -0.493 e. The van der Waals surface area contributed by atoms with Crippen LogP contribution in [-0.4, -0.2) is 51.1 Å². The van der Waals surface area contributed by atoms with Crippen molar-refractivity contribution in [3.63, 3.8) is 0 Å². The molecule has 0 unspecified atom stereocenters. The summed E-state index contributed by atoms with van der Waals surface area (Å²) in [5, 5.41) is 7.77. The number of nitrogens with one attached hydrogen (secondary N) is 1. The van der Waals surface area contributed by atoms with Gasteiger partial charge in [0.15, 0.2) is 11.5 Å². The van der Waals surface area contributed by atoms with Crippen molar-refractivity contribution in [2.24, 2.45) is 5.10 Å². The Balaban J connectivity index is 1.58. The number of hydrogen-bond acceptors (Lipinski definition) is 4. The van der Waals surface area contributed by atoms with Gasteiger partial charge >= 0.3 is 0 Å². The van der Waals surface area contributed by atoms with Crippen molar-refractivity contribution in [3.8, 4) is 11.5 Å². The summed E-state index contributed by atoms with van der Waals surface area (Å²) in [7, 11) is 3.29. The van der Waals surface area contributed by atoms with Crippen LogP contribution in [0, 0.1) is 0 Å². The lowest BCUT2D eigenvalue weighted by atomic mass is 10.1. The van der Waals surface area contributed by atoms with Gasteiger partial charge in [0, 0.05) is 16.1 Å². The van der Waals surface area contributed by atoms with Crippen LogP contribution in [0.5, 0.6) is 11.5 Å². The van der Waals surface area contributed by atoms with Gasteiger partial charge in [-0.15, -0.1) is 0 Å². The van der Waals surface area contributed by atoms with Crippen molar-refractivity contribution < 1.29 is 14.4 Å². The molecule has 2 aromatic carbocycles. The van der Waals surface area contributed by atoms with E-state index in [1.807, 2.05) is 37.3 Å². The second-order valence-electron chi connectivity index (χ2n) is 6.76. The van der Waals surface area contributed by atoms with Gasteiger partial charge in [0.2, 0.25) is 0 Å². The minimum atomic E-state index is 0.724. The van der Waals surface area contributed by atoms with E-state index in [2.05, 4.69) is 17.1 Å². The Morgan fingerprint density at radius 2 is 1.70 bits per heavy atom. The average Bonchev–Trinajstić information content (AvgIpc) is 2.70. The van der Waals surface area contributed by atoms with Gasteiger partial charge in [-0.3, -0.25) is 5.01 Å². The Bertz CT molecular complexity index is 785. The fourth-order valence-electron chi connectivity index (χ4n) is 3.31. The topological polar surface area (TPSA) is 38.5 Å². The first kappa shape index (κ1) is 19.5. The zero-order chi connectivity index (χ0) is 19.2. The first-order chi connectivity index (χ1) is 13.1. The molecule has 0 amide bonds. The van der Waals surface area contributed by atoms with Crippen LogP contribution in [0.15, 0.2) is 47.6 Å². The number of rotatable bonds is 6. The van der Waals surface area contributed by atoms with Crippen LogP contribution in [0.2, 0.25) is 5.02 Å². The van der Waals surface area contributed by atoms with E-state index in [4.69, 9.17) is 26.2 Å². The summed E-state index contributed by atoms with van der Waals surface area (Å²) in [6.07, 6.45) is 0. The molecule has 0 bridgehead atoms. The molecule has 1 fully saturated rings. The molecule has 0 saturated carbocycles. The van der Waals surface area contributed by atoms with Crippen LogP contribution in [-0.2, 0) is 6.54 Å². The second-order valence-corrected chi connectivity index (χ2v) is 7.20. The van der Waals surface area contributed by atoms with Gasteiger partial charge in [-0.2, -0.15) is 5.10 Å². The van der Waals surface area contributed by atoms with Crippen LogP contribution in [0.25, 0.3) is 0 Å². The number of hydrogen-bond donors (Lipinski definition) is 1. The van der Waals surface area contributed by atoms with Crippen LogP contribution in [0.1, 0.15) is 18.1 Å². The highest BCUT2D eigenvalue weighted by atomic mass is 35.5. The number of quaternary nitrogens is 1. The predicted octanol–water partition coefficient (Wildman–Crippen LogP) is 2.48. The number of methoxy groups -OCH3 is 2. The van der Waals surface area contributed by atoms with Crippen molar-refractivity contribution in [2.45, 2.75) is 13.5 Å².